The summed E-state index contributed by atoms with van der Waals surface area (Å²) in [6.07, 6.45) is 1.13. The molecule has 15 heavy (non-hydrogen) atoms. The number of rotatable bonds is 4. The summed E-state index contributed by atoms with van der Waals surface area (Å²) in [6, 6.07) is 0. The first-order valence-electron chi connectivity index (χ1n) is 4.49. The number of aromatic nitrogens is 1. The first-order valence-corrected chi connectivity index (χ1v) is 4.49. The highest BCUT2D eigenvalue weighted by Crippen LogP contribution is 2.11. The van der Waals surface area contributed by atoms with Crippen LogP contribution >= 0.6 is 0 Å². The molecule has 6 heteroatoms. The molecule has 0 amide bonds. The maximum absolute atomic E-state index is 11.3. The molecule has 0 fully saturated rings. The van der Waals surface area contributed by atoms with Gasteiger partial charge in [0, 0.05) is 0 Å². The van der Waals surface area contributed by atoms with E-state index in [4.69, 9.17) is 4.74 Å². The van der Waals surface area contributed by atoms with Gasteiger partial charge < -0.3 is 14.0 Å². The Balaban J connectivity index is 2.86. The summed E-state index contributed by atoms with van der Waals surface area (Å²) in [5, 5.41) is 3.35. The summed E-state index contributed by atoms with van der Waals surface area (Å²) in [6.45, 7) is 3.72. The van der Waals surface area contributed by atoms with Crippen molar-refractivity contribution in [1.82, 2.24) is 5.16 Å². The highest BCUT2D eigenvalue weighted by atomic mass is 16.6. The zero-order chi connectivity index (χ0) is 11.3. The van der Waals surface area contributed by atoms with Gasteiger partial charge in [0.05, 0.1) is 19.4 Å². The standard InChI is InChI=1S/C9H11NO5/c1-3-13-8(11)6-5-10-15-7(6)9(12)14-4-2/h5H,3-4H2,1-2H3. The van der Waals surface area contributed by atoms with E-state index in [1.165, 1.54) is 0 Å². The Morgan fingerprint density at radius 2 is 1.87 bits per heavy atom. The molecule has 0 saturated heterocycles. The number of nitrogens with zero attached hydrogens (tertiary/aromatic N) is 1. The Bertz CT molecular complexity index is 325. The van der Waals surface area contributed by atoms with Crippen LogP contribution in [0.25, 0.3) is 0 Å². The Morgan fingerprint density at radius 3 is 2.47 bits per heavy atom. The molecule has 1 rings (SSSR count). The number of carbonyl (C=O) groups excluding carboxylic acids is 2. The second-order valence-corrected chi connectivity index (χ2v) is 2.51. The van der Waals surface area contributed by atoms with Gasteiger partial charge in [-0.2, -0.15) is 0 Å². The van der Waals surface area contributed by atoms with E-state index in [1.807, 2.05) is 0 Å². The lowest BCUT2D eigenvalue weighted by Crippen LogP contribution is -2.11. The van der Waals surface area contributed by atoms with Crippen LogP contribution in [0.1, 0.15) is 34.8 Å². The average Bonchev–Trinajstić information content (AvgIpc) is 2.66. The van der Waals surface area contributed by atoms with Gasteiger partial charge in [-0.05, 0) is 13.8 Å². The molecule has 0 aliphatic heterocycles. The van der Waals surface area contributed by atoms with Gasteiger partial charge in [0.1, 0.15) is 5.56 Å². The van der Waals surface area contributed by atoms with E-state index in [0.717, 1.165) is 6.20 Å². The third-order valence-electron chi connectivity index (χ3n) is 1.53. The third-order valence-corrected chi connectivity index (χ3v) is 1.53. The van der Waals surface area contributed by atoms with Crippen LogP contribution in [-0.2, 0) is 9.47 Å². The molecule has 0 unspecified atom stereocenters. The van der Waals surface area contributed by atoms with Crippen LogP contribution in [0.4, 0.5) is 0 Å². The predicted molar refractivity (Wildman–Crippen MR) is 48.4 cm³/mol. The number of hydrogen-bond acceptors (Lipinski definition) is 6. The van der Waals surface area contributed by atoms with Crippen LogP contribution < -0.4 is 0 Å². The van der Waals surface area contributed by atoms with Crippen molar-refractivity contribution in [2.45, 2.75) is 13.8 Å². The van der Waals surface area contributed by atoms with Crippen molar-refractivity contribution in [1.29, 1.82) is 0 Å². The molecule has 0 saturated carbocycles. The van der Waals surface area contributed by atoms with Crippen LogP contribution in [0.3, 0.4) is 0 Å². The normalized spacial score (nSPS) is 9.73. The van der Waals surface area contributed by atoms with E-state index in [0.29, 0.717) is 0 Å². The van der Waals surface area contributed by atoms with Gasteiger partial charge in [0.25, 0.3) is 5.76 Å². The average molecular weight is 213 g/mol. The van der Waals surface area contributed by atoms with Gasteiger partial charge in [0.2, 0.25) is 0 Å². The van der Waals surface area contributed by atoms with Gasteiger partial charge in [-0.15, -0.1) is 0 Å². The van der Waals surface area contributed by atoms with Crippen molar-refractivity contribution < 1.29 is 23.6 Å². The molecule has 0 aliphatic carbocycles. The van der Waals surface area contributed by atoms with Crippen LogP contribution in [0.15, 0.2) is 10.7 Å². The maximum Gasteiger partial charge on any atom is 0.378 e. The summed E-state index contributed by atoms with van der Waals surface area (Å²) in [7, 11) is 0. The molecular formula is C9H11NO5. The molecule has 1 aromatic heterocycles. The van der Waals surface area contributed by atoms with Gasteiger partial charge in [-0.25, -0.2) is 9.59 Å². The SMILES string of the molecule is CCOC(=O)c1cnoc1C(=O)OCC. The minimum atomic E-state index is -0.724. The second kappa shape index (κ2) is 5.14. The minimum absolute atomic E-state index is 0.0182. The van der Waals surface area contributed by atoms with Crippen molar-refractivity contribution in [2.75, 3.05) is 13.2 Å². The minimum Gasteiger partial charge on any atom is -0.462 e. The van der Waals surface area contributed by atoms with Gasteiger partial charge in [0.15, 0.2) is 0 Å². The largest absolute Gasteiger partial charge is 0.462 e. The van der Waals surface area contributed by atoms with Crippen LogP contribution in [0.2, 0.25) is 0 Å². The molecule has 0 aliphatic rings. The number of hydrogen-bond donors (Lipinski definition) is 0. The Kier molecular flexibility index (Phi) is 3.84. The first kappa shape index (κ1) is 11.2. The van der Waals surface area contributed by atoms with E-state index >= 15 is 0 Å². The topological polar surface area (TPSA) is 78.6 Å². The quantitative estimate of drug-likeness (QED) is 0.695. The fraction of sp³-hybridized carbons (Fsp3) is 0.444. The van der Waals surface area contributed by atoms with Gasteiger partial charge >= 0.3 is 11.9 Å². The lowest BCUT2D eigenvalue weighted by atomic mass is 10.2. The molecule has 82 valence electrons. The molecule has 0 aromatic carbocycles. The predicted octanol–water partition coefficient (Wildman–Crippen LogP) is 1.03. The number of ether oxygens (including phenoxy) is 2. The van der Waals surface area contributed by atoms with E-state index in [-0.39, 0.29) is 24.5 Å². The van der Waals surface area contributed by atoms with Crippen LogP contribution in [0, 0.1) is 0 Å². The monoisotopic (exact) mass is 213 g/mol. The highest BCUT2D eigenvalue weighted by molar-refractivity contribution is 6.00. The van der Waals surface area contributed by atoms with Crippen LogP contribution in [0.5, 0.6) is 0 Å². The van der Waals surface area contributed by atoms with E-state index < -0.39 is 11.9 Å². The second-order valence-electron chi connectivity index (χ2n) is 2.51. The smallest absolute Gasteiger partial charge is 0.378 e. The molecule has 0 bridgehead atoms. The molecule has 0 spiro atoms. The molecule has 0 atom stereocenters. The molecular weight excluding hydrogens is 202 g/mol. The third kappa shape index (κ3) is 2.55. The first-order chi connectivity index (χ1) is 7.20. The summed E-state index contributed by atoms with van der Waals surface area (Å²) in [5.74, 6) is -1.60. The lowest BCUT2D eigenvalue weighted by Gasteiger charge is -2.00. The van der Waals surface area contributed by atoms with Crippen molar-refractivity contribution in [3.8, 4) is 0 Å². The Labute approximate surface area is 86.1 Å². The van der Waals surface area contributed by atoms with E-state index in [2.05, 4.69) is 14.4 Å². The van der Waals surface area contributed by atoms with E-state index in [9.17, 15) is 9.59 Å². The molecule has 0 radical (unpaired) electrons. The summed E-state index contributed by atoms with van der Waals surface area (Å²) >= 11 is 0. The highest BCUT2D eigenvalue weighted by Gasteiger charge is 2.24. The molecule has 6 nitrogen and oxygen atoms in total. The van der Waals surface area contributed by atoms with Crippen LogP contribution in [-0.4, -0.2) is 30.3 Å². The van der Waals surface area contributed by atoms with Crippen molar-refractivity contribution in [3.05, 3.63) is 17.5 Å². The molecule has 1 heterocycles. The number of esters is 2. The summed E-state index contributed by atoms with van der Waals surface area (Å²) < 4.78 is 14.0. The zero-order valence-corrected chi connectivity index (χ0v) is 8.48. The number of carbonyl (C=O) groups is 2. The van der Waals surface area contributed by atoms with Gasteiger partial charge in [-0.1, -0.05) is 5.16 Å². The lowest BCUT2D eigenvalue weighted by molar-refractivity contribution is 0.0445. The van der Waals surface area contributed by atoms with Crippen molar-refractivity contribution in [2.24, 2.45) is 0 Å². The zero-order valence-electron chi connectivity index (χ0n) is 8.48. The summed E-state index contributed by atoms with van der Waals surface area (Å²) in [5.41, 5.74) is -0.0182. The Hall–Kier alpha value is -1.85. The maximum atomic E-state index is 11.3. The van der Waals surface area contributed by atoms with Gasteiger partial charge in [-0.3, -0.25) is 0 Å². The molecule has 1 aromatic rings. The fourth-order valence-corrected chi connectivity index (χ4v) is 0.938. The van der Waals surface area contributed by atoms with Crippen molar-refractivity contribution >= 4 is 11.9 Å². The fourth-order valence-electron chi connectivity index (χ4n) is 0.938. The van der Waals surface area contributed by atoms with E-state index in [1.54, 1.807) is 13.8 Å². The molecule has 0 N–H and O–H groups in total. The summed E-state index contributed by atoms with van der Waals surface area (Å²) in [4.78, 5) is 22.6. The Morgan fingerprint density at radius 1 is 1.27 bits per heavy atom. The van der Waals surface area contributed by atoms with Crippen molar-refractivity contribution in [3.63, 3.8) is 0 Å².